The highest BCUT2D eigenvalue weighted by molar-refractivity contribution is 9.10. The van der Waals surface area contributed by atoms with Gasteiger partial charge in [0.1, 0.15) is 5.52 Å². The van der Waals surface area contributed by atoms with E-state index in [1.807, 2.05) is 42.5 Å². The van der Waals surface area contributed by atoms with Crippen LogP contribution in [0.25, 0.3) is 22.2 Å². The van der Waals surface area contributed by atoms with Gasteiger partial charge in [-0.3, -0.25) is 4.79 Å². The number of thiazole rings is 1. The second-order valence-corrected chi connectivity index (χ2v) is 6.48. The van der Waals surface area contributed by atoms with Crippen molar-refractivity contribution < 1.29 is 0 Å². The Morgan fingerprint density at radius 1 is 1.24 bits per heavy atom. The summed E-state index contributed by atoms with van der Waals surface area (Å²) in [6.45, 7) is 0. The molecule has 0 amide bonds. The third-order valence-electron chi connectivity index (χ3n) is 3.15. The smallest absolute Gasteiger partial charge is 0.267 e. The van der Waals surface area contributed by atoms with Crippen molar-refractivity contribution in [2.45, 2.75) is 0 Å². The van der Waals surface area contributed by atoms with Crippen LogP contribution in [-0.4, -0.2) is 14.4 Å². The van der Waals surface area contributed by atoms with E-state index in [1.54, 1.807) is 10.6 Å². The number of benzene rings is 1. The van der Waals surface area contributed by atoms with Crippen molar-refractivity contribution in [3.8, 4) is 0 Å². The van der Waals surface area contributed by atoms with E-state index in [0.29, 0.717) is 15.1 Å². The molecule has 0 radical (unpaired) electrons. The van der Waals surface area contributed by atoms with E-state index in [-0.39, 0.29) is 5.56 Å². The molecule has 1 aromatic carbocycles. The summed E-state index contributed by atoms with van der Waals surface area (Å²) in [5.41, 5.74) is 2.25. The first-order valence-electron chi connectivity index (χ1n) is 6.26. The topological polar surface area (TPSA) is 47.3 Å². The van der Waals surface area contributed by atoms with Gasteiger partial charge in [0.05, 0.1) is 4.53 Å². The normalized spacial score (nSPS) is 12.5. The van der Waals surface area contributed by atoms with Gasteiger partial charge in [-0.1, -0.05) is 41.7 Å². The van der Waals surface area contributed by atoms with Crippen LogP contribution in [0.5, 0.6) is 0 Å². The molecule has 3 aromatic heterocycles. The molecule has 0 aliphatic heterocycles. The van der Waals surface area contributed by atoms with Crippen molar-refractivity contribution in [3.05, 3.63) is 67.5 Å². The Balaban J connectivity index is 2.04. The van der Waals surface area contributed by atoms with Gasteiger partial charge in [-0.25, -0.2) is 14.4 Å². The number of halogens is 1. The molecular weight excluding hydrogens is 350 g/mol. The molecule has 0 spiro atoms. The lowest BCUT2D eigenvalue weighted by Gasteiger charge is -1.90. The first-order valence-corrected chi connectivity index (χ1v) is 7.86. The summed E-state index contributed by atoms with van der Waals surface area (Å²) >= 11 is 4.74. The van der Waals surface area contributed by atoms with Crippen LogP contribution in [0.4, 0.5) is 0 Å². The van der Waals surface area contributed by atoms with Crippen molar-refractivity contribution in [2.75, 3.05) is 0 Å². The number of hydrogen-bond acceptors (Lipinski definition) is 4. The van der Waals surface area contributed by atoms with E-state index in [9.17, 15) is 4.79 Å². The van der Waals surface area contributed by atoms with Crippen molar-refractivity contribution in [2.24, 2.45) is 0 Å². The number of hydrogen-bond donors (Lipinski definition) is 0. The first-order chi connectivity index (χ1) is 10.2. The summed E-state index contributed by atoms with van der Waals surface area (Å²) in [5, 5.41) is 0. The fourth-order valence-electron chi connectivity index (χ4n) is 2.22. The predicted octanol–water partition coefficient (Wildman–Crippen LogP) is 2.61. The largest absolute Gasteiger partial charge is 0.276 e. The molecule has 4 nitrogen and oxygen atoms in total. The van der Waals surface area contributed by atoms with Gasteiger partial charge < -0.3 is 0 Å². The molecule has 0 aliphatic carbocycles. The maximum atomic E-state index is 12.5. The zero-order valence-electron chi connectivity index (χ0n) is 10.7. The van der Waals surface area contributed by atoms with Gasteiger partial charge in [0.2, 0.25) is 0 Å². The molecule has 0 unspecified atom stereocenters. The average Bonchev–Trinajstić information content (AvgIpc) is 2.97. The Morgan fingerprint density at radius 2 is 2.05 bits per heavy atom. The number of rotatable bonds is 1. The second-order valence-electron chi connectivity index (χ2n) is 4.55. The molecule has 0 aliphatic rings. The van der Waals surface area contributed by atoms with E-state index < -0.39 is 0 Å². The third-order valence-corrected chi connectivity index (χ3v) is 4.55. The fraction of sp³-hybridized carbons (Fsp3) is 0. The fourth-order valence-corrected chi connectivity index (χ4v) is 3.51. The van der Waals surface area contributed by atoms with Crippen LogP contribution < -0.4 is 10.1 Å². The minimum atomic E-state index is -0.0730. The van der Waals surface area contributed by atoms with Crippen LogP contribution in [0, 0.1) is 0 Å². The first kappa shape index (κ1) is 12.7. The summed E-state index contributed by atoms with van der Waals surface area (Å²) in [4.78, 5) is 22.0. The van der Waals surface area contributed by atoms with Gasteiger partial charge in [0.15, 0.2) is 10.6 Å². The SMILES string of the molecule is O=c1/c(=C/c2ccccc2)sc2nc3cc(Br)cnc3n12. The van der Waals surface area contributed by atoms with Crippen molar-refractivity contribution >= 4 is 49.5 Å². The molecule has 102 valence electrons. The molecule has 21 heavy (non-hydrogen) atoms. The monoisotopic (exact) mass is 357 g/mol. The van der Waals surface area contributed by atoms with E-state index in [4.69, 9.17) is 0 Å². The maximum absolute atomic E-state index is 12.5. The molecule has 0 saturated carbocycles. The van der Waals surface area contributed by atoms with Crippen LogP contribution in [0.3, 0.4) is 0 Å². The minimum Gasteiger partial charge on any atom is -0.267 e. The molecule has 6 heteroatoms. The summed E-state index contributed by atoms with van der Waals surface area (Å²) in [7, 11) is 0. The van der Waals surface area contributed by atoms with Crippen LogP contribution in [-0.2, 0) is 0 Å². The number of imidazole rings is 1. The number of aromatic nitrogens is 3. The molecule has 0 bridgehead atoms. The number of nitrogens with zero attached hydrogens (tertiary/aromatic N) is 3. The molecular formula is C15H8BrN3OS. The Bertz CT molecular complexity index is 1070. The van der Waals surface area contributed by atoms with Gasteiger partial charge in [0.25, 0.3) is 5.56 Å². The quantitative estimate of drug-likeness (QED) is 0.526. The van der Waals surface area contributed by atoms with Crippen LogP contribution in [0.2, 0.25) is 0 Å². The van der Waals surface area contributed by atoms with E-state index >= 15 is 0 Å². The highest BCUT2D eigenvalue weighted by atomic mass is 79.9. The summed E-state index contributed by atoms with van der Waals surface area (Å²) in [6.07, 6.45) is 3.56. The molecule has 4 aromatic rings. The van der Waals surface area contributed by atoms with Gasteiger partial charge in [-0.2, -0.15) is 0 Å². The highest BCUT2D eigenvalue weighted by Crippen LogP contribution is 2.18. The molecule has 0 saturated heterocycles. The lowest BCUT2D eigenvalue weighted by atomic mass is 10.2. The number of fused-ring (bicyclic) bond motifs is 3. The van der Waals surface area contributed by atoms with Crippen molar-refractivity contribution in [1.29, 1.82) is 0 Å². The van der Waals surface area contributed by atoms with E-state index in [1.165, 1.54) is 11.3 Å². The van der Waals surface area contributed by atoms with Crippen LogP contribution >= 0.6 is 27.3 Å². The molecule has 0 fully saturated rings. The molecule has 0 atom stereocenters. The van der Waals surface area contributed by atoms with E-state index in [2.05, 4.69) is 25.9 Å². The zero-order chi connectivity index (χ0) is 14.4. The van der Waals surface area contributed by atoms with Crippen molar-refractivity contribution in [1.82, 2.24) is 14.4 Å². The van der Waals surface area contributed by atoms with Crippen molar-refractivity contribution in [3.63, 3.8) is 0 Å². The standard InChI is InChI=1S/C15H8BrN3OS/c16-10-7-11-13(17-8-10)19-14(20)12(21-15(19)18-11)6-9-4-2-1-3-5-9/h1-8H/b12-6-. The van der Waals surface area contributed by atoms with Crippen LogP contribution in [0.1, 0.15) is 5.56 Å². The molecule has 3 heterocycles. The number of pyridine rings is 1. The maximum Gasteiger partial charge on any atom is 0.276 e. The Kier molecular flexibility index (Phi) is 2.87. The lowest BCUT2D eigenvalue weighted by Crippen LogP contribution is -2.22. The van der Waals surface area contributed by atoms with Gasteiger partial charge >= 0.3 is 0 Å². The van der Waals surface area contributed by atoms with Crippen LogP contribution in [0.15, 0.2) is 51.9 Å². The Morgan fingerprint density at radius 3 is 2.86 bits per heavy atom. The summed E-state index contributed by atoms with van der Waals surface area (Å²) in [5.74, 6) is 0. The lowest BCUT2D eigenvalue weighted by molar-refractivity contribution is 1.15. The van der Waals surface area contributed by atoms with Gasteiger partial charge in [-0.15, -0.1) is 0 Å². The zero-order valence-corrected chi connectivity index (χ0v) is 13.1. The Labute approximate surface area is 131 Å². The minimum absolute atomic E-state index is 0.0730. The molecule has 4 rings (SSSR count). The van der Waals surface area contributed by atoms with Gasteiger partial charge in [0, 0.05) is 10.7 Å². The third kappa shape index (κ3) is 2.07. The summed E-state index contributed by atoms with van der Waals surface area (Å²) in [6, 6.07) is 11.6. The van der Waals surface area contributed by atoms with E-state index in [0.717, 1.165) is 15.6 Å². The second kappa shape index (κ2) is 4.75. The summed E-state index contributed by atoms with van der Waals surface area (Å²) < 4.78 is 3.08. The molecule has 0 N–H and O–H groups in total. The Hall–Kier alpha value is -2.05. The highest BCUT2D eigenvalue weighted by Gasteiger charge is 2.12. The van der Waals surface area contributed by atoms with Gasteiger partial charge in [-0.05, 0) is 33.6 Å². The predicted molar refractivity (Wildman–Crippen MR) is 87.6 cm³/mol. The average molecular weight is 358 g/mol.